The van der Waals surface area contributed by atoms with Gasteiger partial charge in [-0.15, -0.1) is 5.10 Å². The molecule has 0 amide bonds. The Morgan fingerprint density at radius 3 is 2.55 bits per heavy atom. The Morgan fingerprint density at radius 2 is 1.80 bits per heavy atom. The van der Waals surface area contributed by atoms with E-state index in [1.807, 2.05) is 30.5 Å². The fourth-order valence-electron chi connectivity index (χ4n) is 2.01. The summed E-state index contributed by atoms with van der Waals surface area (Å²) in [5.41, 5.74) is 9.13. The molecule has 0 spiro atoms. The molecule has 0 atom stereocenters. The fourth-order valence-corrected chi connectivity index (χ4v) is 2.01. The van der Waals surface area contributed by atoms with Gasteiger partial charge in [-0.1, -0.05) is 35.5 Å². The molecule has 4 nitrogen and oxygen atoms in total. The number of anilines is 1. The molecule has 1 heterocycles. The Morgan fingerprint density at radius 1 is 1.05 bits per heavy atom. The van der Waals surface area contributed by atoms with Gasteiger partial charge in [0.05, 0.1) is 12.7 Å². The maximum atomic E-state index is 12.8. The Hall–Kier alpha value is -2.69. The first-order chi connectivity index (χ1) is 9.72. The van der Waals surface area contributed by atoms with Gasteiger partial charge >= 0.3 is 0 Å². The van der Waals surface area contributed by atoms with Crippen molar-refractivity contribution < 1.29 is 4.39 Å². The van der Waals surface area contributed by atoms with Crippen molar-refractivity contribution in [2.45, 2.75) is 6.54 Å². The number of rotatable bonds is 3. The molecule has 0 fully saturated rings. The number of aromatic nitrogens is 3. The molecule has 1 aromatic heterocycles. The van der Waals surface area contributed by atoms with Crippen LogP contribution in [0.1, 0.15) is 5.56 Å². The van der Waals surface area contributed by atoms with Gasteiger partial charge in [-0.05, 0) is 23.8 Å². The molecule has 0 aliphatic heterocycles. The first-order valence-electron chi connectivity index (χ1n) is 6.22. The number of benzene rings is 2. The van der Waals surface area contributed by atoms with Crippen molar-refractivity contribution >= 4 is 5.69 Å². The lowest BCUT2D eigenvalue weighted by molar-refractivity contribution is 0.621. The Bertz CT molecular complexity index is 719. The Balaban J connectivity index is 1.84. The number of hydrogen-bond donors (Lipinski definition) is 1. The van der Waals surface area contributed by atoms with Gasteiger partial charge < -0.3 is 5.73 Å². The van der Waals surface area contributed by atoms with Crippen LogP contribution in [0.5, 0.6) is 0 Å². The lowest BCUT2D eigenvalue weighted by Gasteiger charge is -2.01. The predicted octanol–water partition coefficient (Wildman–Crippen LogP) is 2.71. The van der Waals surface area contributed by atoms with E-state index in [4.69, 9.17) is 5.73 Å². The quantitative estimate of drug-likeness (QED) is 0.743. The number of nitrogen functional groups attached to an aromatic ring is 1. The zero-order valence-corrected chi connectivity index (χ0v) is 10.7. The summed E-state index contributed by atoms with van der Waals surface area (Å²) in [6.45, 7) is 0.542. The molecule has 0 radical (unpaired) electrons. The third-order valence-electron chi connectivity index (χ3n) is 3.03. The minimum Gasteiger partial charge on any atom is -0.398 e. The van der Waals surface area contributed by atoms with Crippen LogP contribution in [-0.2, 0) is 6.54 Å². The van der Waals surface area contributed by atoms with E-state index in [2.05, 4.69) is 10.3 Å². The molecule has 0 aliphatic carbocycles. The number of nitrogens with zero attached hydrogens (tertiary/aromatic N) is 3. The van der Waals surface area contributed by atoms with Crippen LogP contribution >= 0.6 is 0 Å². The lowest BCUT2D eigenvalue weighted by atomic mass is 10.1. The van der Waals surface area contributed by atoms with E-state index in [1.54, 1.807) is 16.8 Å². The average Bonchev–Trinajstić information content (AvgIpc) is 2.90. The summed E-state index contributed by atoms with van der Waals surface area (Å²) >= 11 is 0. The van der Waals surface area contributed by atoms with E-state index in [1.165, 1.54) is 12.1 Å². The van der Waals surface area contributed by atoms with E-state index in [-0.39, 0.29) is 5.82 Å². The van der Waals surface area contributed by atoms with Gasteiger partial charge in [0.1, 0.15) is 11.5 Å². The Labute approximate surface area is 115 Å². The van der Waals surface area contributed by atoms with Crippen molar-refractivity contribution in [3.05, 3.63) is 66.1 Å². The minimum atomic E-state index is -0.245. The second-order valence-corrected chi connectivity index (χ2v) is 4.52. The van der Waals surface area contributed by atoms with Crippen LogP contribution in [0.25, 0.3) is 11.3 Å². The van der Waals surface area contributed by atoms with Gasteiger partial charge in [-0.25, -0.2) is 9.07 Å². The molecule has 0 saturated heterocycles. The summed E-state index contributed by atoms with van der Waals surface area (Å²) in [4.78, 5) is 0. The van der Waals surface area contributed by atoms with Gasteiger partial charge in [-0.2, -0.15) is 0 Å². The van der Waals surface area contributed by atoms with Gasteiger partial charge in [0, 0.05) is 11.3 Å². The molecular weight excluding hydrogens is 255 g/mol. The topological polar surface area (TPSA) is 56.7 Å². The molecule has 0 bridgehead atoms. The minimum absolute atomic E-state index is 0.245. The summed E-state index contributed by atoms with van der Waals surface area (Å²) in [6, 6.07) is 13.8. The van der Waals surface area contributed by atoms with Crippen molar-refractivity contribution in [3.63, 3.8) is 0 Å². The normalized spacial score (nSPS) is 10.7. The molecule has 0 unspecified atom stereocenters. The Kier molecular flexibility index (Phi) is 3.16. The van der Waals surface area contributed by atoms with E-state index < -0.39 is 0 Å². The molecular formula is C15H13FN4. The zero-order chi connectivity index (χ0) is 13.9. The highest BCUT2D eigenvalue weighted by Crippen LogP contribution is 2.22. The highest BCUT2D eigenvalue weighted by molar-refractivity contribution is 5.72. The zero-order valence-electron chi connectivity index (χ0n) is 10.7. The van der Waals surface area contributed by atoms with Crippen LogP contribution in [0.3, 0.4) is 0 Å². The third kappa shape index (κ3) is 2.51. The lowest BCUT2D eigenvalue weighted by Crippen LogP contribution is -2.00. The predicted molar refractivity (Wildman–Crippen MR) is 75.4 cm³/mol. The van der Waals surface area contributed by atoms with Gasteiger partial charge in [0.15, 0.2) is 0 Å². The molecule has 0 aliphatic rings. The highest BCUT2D eigenvalue weighted by Gasteiger charge is 2.07. The summed E-state index contributed by atoms with van der Waals surface area (Å²) < 4.78 is 14.6. The SMILES string of the molecule is Nc1ccccc1-c1cn(Cc2ccc(F)cc2)nn1. The van der Waals surface area contributed by atoms with Crippen LogP contribution in [-0.4, -0.2) is 15.0 Å². The van der Waals surface area contributed by atoms with Crippen LogP contribution in [0.15, 0.2) is 54.7 Å². The van der Waals surface area contributed by atoms with Crippen LogP contribution in [0.2, 0.25) is 0 Å². The molecule has 3 rings (SSSR count). The monoisotopic (exact) mass is 268 g/mol. The molecule has 3 aromatic rings. The number of halogens is 1. The smallest absolute Gasteiger partial charge is 0.123 e. The van der Waals surface area contributed by atoms with E-state index in [9.17, 15) is 4.39 Å². The third-order valence-corrected chi connectivity index (χ3v) is 3.03. The van der Waals surface area contributed by atoms with E-state index in [0.29, 0.717) is 12.2 Å². The molecule has 2 N–H and O–H groups in total. The first-order valence-corrected chi connectivity index (χ1v) is 6.22. The maximum Gasteiger partial charge on any atom is 0.123 e. The summed E-state index contributed by atoms with van der Waals surface area (Å²) in [5.74, 6) is -0.245. The second-order valence-electron chi connectivity index (χ2n) is 4.52. The standard InChI is InChI=1S/C15H13FN4/c16-12-7-5-11(6-8-12)9-20-10-15(18-19-20)13-3-1-2-4-14(13)17/h1-8,10H,9,17H2. The molecule has 100 valence electrons. The molecule has 20 heavy (non-hydrogen) atoms. The average molecular weight is 268 g/mol. The number of nitrogens with two attached hydrogens (primary N) is 1. The van der Waals surface area contributed by atoms with Crippen molar-refractivity contribution in [1.82, 2.24) is 15.0 Å². The summed E-state index contributed by atoms with van der Waals surface area (Å²) in [6.07, 6.45) is 1.83. The number of hydrogen-bond acceptors (Lipinski definition) is 3. The maximum absolute atomic E-state index is 12.8. The summed E-state index contributed by atoms with van der Waals surface area (Å²) in [7, 11) is 0. The van der Waals surface area contributed by atoms with Crippen molar-refractivity contribution in [3.8, 4) is 11.3 Å². The van der Waals surface area contributed by atoms with E-state index in [0.717, 1.165) is 16.8 Å². The second kappa shape index (κ2) is 5.13. The van der Waals surface area contributed by atoms with Crippen LogP contribution in [0.4, 0.5) is 10.1 Å². The van der Waals surface area contributed by atoms with Crippen LogP contribution < -0.4 is 5.73 Å². The van der Waals surface area contributed by atoms with Crippen molar-refractivity contribution in [1.29, 1.82) is 0 Å². The van der Waals surface area contributed by atoms with Crippen molar-refractivity contribution in [2.24, 2.45) is 0 Å². The summed E-state index contributed by atoms with van der Waals surface area (Å²) in [5, 5.41) is 8.19. The largest absolute Gasteiger partial charge is 0.398 e. The first kappa shape index (κ1) is 12.3. The highest BCUT2D eigenvalue weighted by atomic mass is 19.1. The van der Waals surface area contributed by atoms with Gasteiger partial charge in [0.2, 0.25) is 0 Å². The molecule has 2 aromatic carbocycles. The van der Waals surface area contributed by atoms with Crippen molar-refractivity contribution in [2.75, 3.05) is 5.73 Å². The van der Waals surface area contributed by atoms with E-state index >= 15 is 0 Å². The molecule has 0 saturated carbocycles. The van der Waals surface area contributed by atoms with Crippen LogP contribution in [0, 0.1) is 5.82 Å². The van der Waals surface area contributed by atoms with Gasteiger partial charge in [-0.3, -0.25) is 0 Å². The van der Waals surface area contributed by atoms with Gasteiger partial charge in [0.25, 0.3) is 0 Å². The molecule has 5 heteroatoms. The fraction of sp³-hybridized carbons (Fsp3) is 0.0667. The number of para-hydroxylation sites is 1.